The minimum atomic E-state index is -0.160. The van der Waals surface area contributed by atoms with Gasteiger partial charge in [-0.3, -0.25) is 4.79 Å². The van der Waals surface area contributed by atoms with E-state index in [4.69, 9.17) is 4.74 Å². The topological polar surface area (TPSA) is 70.6 Å². The van der Waals surface area contributed by atoms with Crippen molar-refractivity contribution in [3.63, 3.8) is 0 Å². The van der Waals surface area contributed by atoms with Crippen molar-refractivity contribution in [3.8, 4) is 5.75 Å². The molecule has 1 amide bonds. The summed E-state index contributed by atoms with van der Waals surface area (Å²) in [6.07, 6.45) is 3.91. The first-order chi connectivity index (χ1) is 13.2. The summed E-state index contributed by atoms with van der Waals surface area (Å²) in [4.78, 5) is 25.6. The summed E-state index contributed by atoms with van der Waals surface area (Å²) in [6.45, 7) is 7.64. The summed E-state index contributed by atoms with van der Waals surface area (Å²) in [5, 5.41) is 2.92. The van der Waals surface area contributed by atoms with Crippen LogP contribution < -0.4 is 15.0 Å². The number of piperazine rings is 1. The Labute approximate surface area is 160 Å². The predicted octanol–water partition coefficient (Wildman–Crippen LogP) is 1.60. The van der Waals surface area contributed by atoms with E-state index in [9.17, 15) is 4.79 Å². The summed E-state index contributed by atoms with van der Waals surface area (Å²) < 4.78 is 5.33. The number of carbonyl (C=O) groups is 1. The van der Waals surface area contributed by atoms with Gasteiger partial charge >= 0.3 is 0 Å². The minimum Gasteiger partial charge on any atom is -0.496 e. The van der Waals surface area contributed by atoms with Gasteiger partial charge < -0.3 is 19.9 Å². The van der Waals surface area contributed by atoms with Crippen LogP contribution in [0.5, 0.6) is 5.75 Å². The highest BCUT2D eigenvalue weighted by Gasteiger charge is 2.18. The Hall–Kier alpha value is -2.67. The quantitative estimate of drug-likeness (QED) is 0.799. The van der Waals surface area contributed by atoms with Crippen LogP contribution in [0.3, 0.4) is 0 Å². The number of hydrogen-bond acceptors (Lipinski definition) is 6. The number of benzene rings is 1. The van der Waals surface area contributed by atoms with Crippen LogP contribution in [0.1, 0.15) is 22.8 Å². The Morgan fingerprint density at radius 2 is 1.85 bits per heavy atom. The lowest BCUT2D eigenvalue weighted by Gasteiger charge is -2.33. The third-order valence-electron chi connectivity index (χ3n) is 4.88. The number of methoxy groups -OCH3 is 1. The first kappa shape index (κ1) is 19.1. The standard InChI is InChI=1S/C20H27N5O2/c1-3-24-10-12-25(13-11-24)20-22-14-17(15-23-20)19(26)21-9-8-16-6-4-5-7-18(16)27-2/h4-7,14-15H,3,8-13H2,1-2H3,(H,21,26). The molecule has 1 saturated heterocycles. The summed E-state index contributed by atoms with van der Waals surface area (Å²) in [7, 11) is 1.65. The molecule has 7 nitrogen and oxygen atoms in total. The van der Waals surface area contributed by atoms with E-state index in [1.165, 1.54) is 0 Å². The molecule has 7 heteroatoms. The smallest absolute Gasteiger partial charge is 0.254 e. The van der Waals surface area contributed by atoms with Crippen molar-refractivity contribution >= 4 is 11.9 Å². The molecule has 1 N–H and O–H groups in total. The highest BCUT2D eigenvalue weighted by atomic mass is 16.5. The molecule has 2 heterocycles. The summed E-state index contributed by atoms with van der Waals surface area (Å²) in [6, 6.07) is 7.82. The minimum absolute atomic E-state index is 0.160. The number of rotatable bonds is 7. The maximum atomic E-state index is 12.3. The van der Waals surface area contributed by atoms with Crippen LogP contribution in [0.25, 0.3) is 0 Å². The van der Waals surface area contributed by atoms with Crippen molar-refractivity contribution < 1.29 is 9.53 Å². The van der Waals surface area contributed by atoms with E-state index in [0.29, 0.717) is 24.5 Å². The van der Waals surface area contributed by atoms with Gasteiger partial charge in [0, 0.05) is 45.1 Å². The molecule has 3 rings (SSSR count). The second-order valence-electron chi connectivity index (χ2n) is 6.51. The number of para-hydroxylation sites is 1. The second kappa shape index (κ2) is 9.32. The largest absolute Gasteiger partial charge is 0.496 e. The SMILES string of the molecule is CCN1CCN(c2ncc(C(=O)NCCc3ccccc3OC)cn2)CC1. The van der Waals surface area contributed by atoms with Crippen LogP contribution in [0, 0.1) is 0 Å². The molecule has 1 aromatic heterocycles. The maximum absolute atomic E-state index is 12.3. The molecule has 2 aromatic rings. The number of nitrogens with one attached hydrogen (secondary N) is 1. The van der Waals surface area contributed by atoms with Crippen LogP contribution in [0.2, 0.25) is 0 Å². The van der Waals surface area contributed by atoms with Gasteiger partial charge in [-0.1, -0.05) is 25.1 Å². The fourth-order valence-electron chi connectivity index (χ4n) is 3.19. The number of likely N-dealkylation sites (N-methyl/N-ethyl adjacent to an activating group) is 1. The van der Waals surface area contributed by atoms with Gasteiger partial charge in [0.15, 0.2) is 0 Å². The number of amides is 1. The van der Waals surface area contributed by atoms with Gasteiger partial charge in [0.25, 0.3) is 5.91 Å². The molecule has 0 atom stereocenters. The Morgan fingerprint density at radius 1 is 1.15 bits per heavy atom. The molecule has 1 aliphatic rings. The Kier molecular flexibility index (Phi) is 6.59. The number of hydrogen-bond donors (Lipinski definition) is 1. The van der Waals surface area contributed by atoms with E-state index in [1.54, 1.807) is 19.5 Å². The first-order valence-corrected chi connectivity index (χ1v) is 9.40. The average molecular weight is 369 g/mol. The van der Waals surface area contributed by atoms with E-state index >= 15 is 0 Å². The Balaban J connectivity index is 1.50. The van der Waals surface area contributed by atoms with Crippen molar-refractivity contribution in [2.24, 2.45) is 0 Å². The third-order valence-corrected chi connectivity index (χ3v) is 4.88. The van der Waals surface area contributed by atoms with Crippen LogP contribution in [0.4, 0.5) is 5.95 Å². The molecule has 0 spiro atoms. The van der Waals surface area contributed by atoms with Gasteiger partial charge in [-0.25, -0.2) is 9.97 Å². The van der Waals surface area contributed by atoms with Gasteiger partial charge in [0.1, 0.15) is 5.75 Å². The number of aromatic nitrogens is 2. The summed E-state index contributed by atoms with van der Waals surface area (Å²) in [5.41, 5.74) is 1.55. The fourth-order valence-corrected chi connectivity index (χ4v) is 3.19. The van der Waals surface area contributed by atoms with Crippen molar-refractivity contribution in [2.75, 3.05) is 51.3 Å². The lowest BCUT2D eigenvalue weighted by Crippen LogP contribution is -2.46. The number of anilines is 1. The molecule has 0 radical (unpaired) electrons. The van der Waals surface area contributed by atoms with Crippen molar-refractivity contribution in [1.82, 2.24) is 20.2 Å². The Morgan fingerprint density at radius 3 is 2.52 bits per heavy atom. The normalized spacial score (nSPS) is 14.8. The second-order valence-corrected chi connectivity index (χ2v) is 6.51. The number of ether oxygens (including phenoxy) is 1. The molecule has 0 unspecified atom stereocenters. The van der Waals surface area contributed by atoms with Gasteiger partial charge in [-0.05, 0) is 24.6 Å². The number of nitrogens with zero attached hydrogens (tertiary/aromatic N) is 4. The van der Waals surface area contributed by atoms with Gasteiger partial charge in [-0.2, -0.15) is 0 Å². The van der Waals surface area contributed by atoms with Crippen LogP contribution >= 0.6 is 0 Å². The molecular formula is C20H27N5O2. The van der Waals surface area contributed by atoms with E-state index in [1.807, 2.05) is 24.3 Å². The van der Waals surface area contributed by atoms with E-state index in [-0.39, 0.29) is 5.91 Å². The van der Waals surface area contributed by atoms with Crippen molar-refractivity contribution in [2.45, 2.75) is 13.3 Å². The first-order valence-electron chi connectivity index (χ1n) is 9.40. The predicted molar refractivity (Wildman–Crippen MR) is 105 cm³/mol. The van der Waals surface area contributed by atoms with Crippen molar-refractivity contribution in [1.29, 1.82) is 0 Å². The third kappa shape index (κ3) is 4.95. The van der Waals surface area contributed by atoms with Gasteiger partial charge in [0.05, 0.1) is 12.7 Å². The van der Waals surface area contributed by atoms with E-state index < -0.39 is 0 Å². The van der Waals surface area contributed by atoms with E-state index in [0.717, 1.165) is 44.0 Å². The molecule has 27 heavy (non-hydrogen) atoms. The molecule has 0 aliphatic carbocycles. The summed E-state index contributed by atoms with van der Waals surface area (Å²) >= 11 is 0. The number of carbonyl (C=O) groups excluding carboxylic acids is 1. The molecule has 1 aromatic carbocycles. The average Bonchev–Trinajstić information content (AvgIpc) is 2.74. The molecule has 1 aliphatic heterocycles. The highest BCUT2D eigenvalue weighted by Crippen LogP contribution is 2.17. The lowest BCUT2D eigenvalue weighted by atomic mass is 10.1. The highest BCUT2D eigenvalue weighted by molar-refractivity contribution is 5.93. The van der Waals surface area contributed by atoms with Crippen LogP contribution in [-0.4, -0.2) is 67.2 Å². The maximum Gasteiger partial charge on any atom is 0.254 e. The molecule has 0 saturated carbocycles. The van der Waals surface area contributed by atoms with Crippen molar-refractivity contribution in [3.05, 3.63) is 47.8 Å². The molecule has 1 fully saturated rings. The Bertz CT molecular complexity index is 742. The van der Waals surface area contributed by atoms with Gasteiger partial charge in [-0.15, -0.1) is 0 Å². The zero-order chi connectivity index (χ0) is 19.1. The van der Waals surface area contributed by atoms with Crippen LogP contribution in [0.15, 0.2) is 36.7 Å². The summed E-state index contributed by atoms with van der Waals surface area (Å²) in [5.74, 6) is 1.37. The zero-order valence-electron chi connectivity index (χ0n) is 16.0. The molecular weight excluding hydrogens is 342 g/mol. The monoisotopic (exact) mass is 369 g/mol. The lowest BCUT2D eigenvalue weighted by molar-refractivity contribution is 0.0953. The molecule has 0 bridgehead atoms. The van der Waals surface area contributed by atoms with E-state index in [2.05, 4.69) is 32.0 Å². The zero-order valence-corrected chi connectivity index (χ0v) is 16.0. The fraction of sp³-hybridized carbons (Fsp3) is 0.450. The molecule has 144 valence electrons. The van der Waals surface area contributed by atoms with Crippen LogP contribution in [-0.2, 0) is 6.42 Å². The van der Waals surface area contributed by atoms with Gasteiger partial charge in [0.2, 0.25) is 5.95 Å².